The molecule has 0 aliphatic heterocycles. The summed E-state index contributed by atoms with van der Waals surface area (Å²) >= 11 is 5.83. The van der Waals surface area contributed by atoms with Gasteiger partial charge < -0.3 is 10.1 Å². The van der Waals surface area contributed by atoms with Crippen LogP contribution in [0, 0.1) is 0 Å². The van der Waals surface area contributed by atoms with Crippen LogP contribution in [0.1, 0.15) is 19.4 Å². The van der Waals surface area contributed by atoms with Crippen LogP contribution in [0.2, 0.25) is 5.02 Å². The smallest absolute Gasteiger partial charge is 0.258 e. The first-order chi connectivity index (χ1) is 11.0. The van der Waals surface area contributed by atoms with Gasteiger partial charge in [0.2, 0.25) is 0 Å². The second-order valence-corrected chi connectivity index (χ2v) is 5.75. The molecular weight excluding hydrogens is 312 g/mol. The summed E-state index contributed by atoms with van der Waals surface area (Å²) in [7, 11) is 0. The van der Waals surface area contributed by atoms with Gasteiger partial charge in [-0.1, -0.05) is 11.6 Å². The molecule has 4 nitrogen and oxygen atoms in total. The highest BCUT2D eigenvalue weighted by Gasteiger charge is 2.04. The second-order valence-electron chi connectivity index (χ2n) is 5.31. The van der Waals surface area contributed by atoms with Gasteiger partial charge in [0.05, 0.1) is 5.69 Å². The van der Waals surface area contributed by atoms with Crippen LogP contribution in [0.4, 0.5) is 5.69 Å². The lowest BCUT2D eigenvalue weighted by Crippen LogP contribution is -2.34. The molecular formula is C18H19ClN2O2. The zero-order chi connectivity index (χ0) is 16.7. The molecule has 0 saturated heterocycles. The van der Waals surface area contributed by atoms with Crippen molar-refractivity contribution < 1.29 is 9.53 Å². The molecule has 0 fully saturated rings. The minimum atomic E-state index is -0.131. The van der Waals surface area contributed by atoms with Crippen LogP contribution in [0.25, 0.3) is 0 Å². The molecule has 0 aromatic heterocycles. The lowest BCUT2D eigenvalue weighted by molar-refractivity contribution is -0.123. The number of carbonyl (C=O) groups is 1. The van der Waals surface area contributed by atoms with Gasteiger partial charge in [-0.3, -0.25) is 9.79 Å². The average Bonchev–Trinajstić information content (AvgIpc) is 2.53. The third-order valence-corrected chi connectivity index (χ3v) is 3.14. The Bertz CT molecular complexity index is 664. The van der Waals surface area contributed by atoms with E-state index in [2.05, 4.69) is 10.3 Å². The number of rotatable bonds is 6. The van der Waals surface area contributed by atoms with E-state index < -0.39 is 0 Å². The molecule has 0 aliphatic carbocycles. The molecule has 23 heavy (non-hydrogen) atoms. The highest BCUT2D eigenvalue weighted by molar-refractivity contribution is 6.30. The van der Waals surface area contributed by atoms with Gasteiger partial charge in [-0.15, -0.1) is 0 Å². The van der Waals surface area contributed by atoms with Crippen molar-refractivity contribution in [2.45, 2.75) is 19.9 Å². The van der Waals surface area contributed by atoms with Crippen LogP contribution >= 0.6 is 11.6 Å². The van der Waals surface area contributed by atoms with Gasteiger partial charge >= 0.3 is 0 Å². The maximum absolute atomic E-state index is 11.5. The summed E-state index contributed by atoms with van der Waals surface area (Å²) in [4.78, 5) is 15.9. The second kappa shape index (κ2) is 8.34. The quantitative estimate of drug-likeness (QED) is 0.814. The molecule has 1 N–H and O–H groups in total. The molecule has 0 unspecified atom stereocenters. The molecule has 2 aromatic carbocycles. The van der Waals surface area contributed by atoms with Gasteiger partial charge in [0.15, 0.2) is 6.61 Å². The van der Waals surface area contributed by atoms with E-state index in [1.165, 1.54) is 0 Å². The third-order valence-electron chi connectivity index (χ3n) is 2.89. The van der Waals surface area contributed by atoms with E-state index >= 15 is 0 Å². The minimum absolute atomic E-state index is 0.0103. The maximum atomic E-state index is 11.5. The summed E-state index contributed by atoms with van der Waals surface area (Å²) in [6.07, 6.45) is 1.76. The normalized spacial score (nSPS) is 11.0. The largest absolute Gasteiger partial charge is 0.484 e. The van der Waals surface area contributed by atoms with Crippen molar-refractivity contribution >= 4 is 29.4 Å². The first kappa shape index (κ1) is 17.0. The topological polar surface area (TPSA) is 50.7 Å². The van der Waals surface area contributed by atoms with Gasteiger partial charge in [0, 0.05) is 17.3 Å². The fraction of sp³-hybridized carbons (Fsp3) is 0.222. The van der Waals surface area contributed by atoms with Gasteiger partial charge in [0.25, 0.3) is 5.91 Å². The van der Waals surface area contributed by atoms with E-state index in [0.717, 1.165) is 11.3 Å². The molecule has 0 saturated carbocycles. The Kier molecular flexibility index (Phi) is 6.18. The van der Waals surface area contributed by atoms with Crippen LogP contribution < -0.4 is 10.1 Å². The highest BCUT2D eigenvalue weighted by Crippen LogP contribution is 2.17. The van der Waals surface area contributed by atoms with Crippen LogP contribution in [-0.2, 0) is 4.79 Å². The summed E-state index contributed by atoms with van der Waals surface area (Å²) < 4.78 is 5.43. The predicted molar refractivity (Wildman–Crippen MR) is 93.9 cm³/mol. The third kappa shape index (κ3) is 6.12. The fourth-order valence-corrected chi connectivity index (χ4v) is 1.96. The SMILES string of the molecule is CC(C)NC(=O)COc1ccc(C=Nc2ccc(Cl)cc2)cc1. The van der Waals surface area contributed by atoms with E-state index in [1.807, 2.05) is 50.2 Å². The van der Waals surface area contributed by atoms with E-state index in [-0.39, 0.29) is 18.6 Å². The number of halogens is 1. The number of aliphatic imine (C=N–C) groups is 1. The monoisotopic (exact) mass is 330 g/mol. The number of nitrogens with one attached hydrogen (secondary N) is 1. The molecule has 0 atom stereocenters. The fourth-order valence-electron chi connectivity index (χ4n) is 1.84. The van der Waals surface area contributed by atoms with Crippen molar-refractivity contribution in [1.82, 2.24) is 5.32 Å². The minimum Gasteiger partial charge on any atom is -0.484 e. The van der Waals surface area contributed by atoms with Crippen LogP contribution in [0.15, 0.2) is 53.5 Å². The summed E-state index contributed by atoms with van der Waals surface area (Å²) in [5, 5.41) is 3.46. The van der Waals surface area contributed by atoms with Gasteiger partial charge in [-0.05, 0) is 67.9 Å². The number of amides is 1. The first-order valence-electron chi connectivity index (χ1n) is 7.35. The molecule has 0 spiro atoms. The number of hydrogen-bond donors (Lipinski definition) is 1. The van der Waals surface area contributed by atoms with Crippen LogP contribution in [0.3, 0.4) is 0 Å². The van der Waals surface area contributed by atoms with E-state index in [0.29, 0.717) is 10.8 Å². The zero-order valence-corrected chi connectivity index (χ0v) is 13.9. The van der Waals surface area contributed by atoms with Gasteiger partial charge in [-0.2, -0.15) is 0 Å². The Hall–Kier alpha value is -2.33. The number of carbonyl (C=O) groups excluding carboxylic acids is 1. The van der Waals surface area contributed by atoms with Gasteiger partial charge in [0.1, 0.15) is 5.75 Å². The lowest BCUT2D eigenvalue weighted by Gasteiger charge is -2.09. The zero-order valence-electron chi connectivity index (χ0n) is 13.1. The molecule has 2 rings (SSSR count). The van der Waals surface area contributed by atoms with Crippen LogP contribution in [0.5, 0.6) is 5.75 Å². The molecule has 0 bridgehead atoms. The van der Waals surface area contributed by atoms with Crippen molar-refractivity contribution in [3.05, 3.63) is 59.1 Å². The van der Waals surface area contributed by atoms with Gasteiger partial charge in [-0.25, -0.2) is 0 Å². The molecule has 1 amide bonds. The van der Waals surface area contributed by atoms with Crippen molar-refractivity contribution in [1.29, 1.82) is 0 Å². The molecule has 2 aromatic rings. The Balaban J connectivity index is 1.89. The highest BCUT2D eigenvalue weighted by atomic mass is 35.5. The number of benzene rings is 2. The molecule has 0 heterocycles. The Labute approximate surface area is 141 Å². The Morgan fingerprint density at radius 3 is 2.43 bits per heavy atom. The standard InChI is InChI=1S/C18H19ClN2O2/c1-13(2)21-18(22)12-23-17-9-3-14(4-10-17)11-20-16-7-5-15(19)6-8-16/h3-11,13H,12H2,1-2H3,(H,21,22). The first-order valence-corrected chi connectivity index (χ1v) is 7.72. The summed E-state index contributed by atoms with van der Waals surface area (Å²) in [6.45, 7) is 3.83. The average molecular weight is 331 g/mol. The van der Waals surface area contributed by atoms with Crippen LogP contribution in [-0.4, -0.2) is 24.8 Å². The summed E-state index contributed by atoms with van der Waals surface area (Å²) in [5.74, 6) is 0.515. The van der Waals surface area contributed by atoms with Crippen molar-refractivity contribution in [2.24, 2.45) is 4.99 Å². The predicted octanol–water partition coefficient (Wildman–Crippen LogP) is 3.99. The molecule has 0 aliphatic rings. The summed E-state index contributed by atoms with van der Waals surface area (Å²) in [5.41, 5.74) is 1.78. The molecule has 0 radical (unpaired) electrons. The van der Waals surface area contributed by atoms with E-state index in [9.17, 15) is 4.79 Å². The number of nitrogens with zero attached hydrogens (tertiary/aromatic N) is 1. The van der Waals surface area contributed by atoms with E-state index in [4.69, 9.17) is 16.3 Å². The Morgan fingerprint density at radius 2 is 1.83 bits per heavy atom. The number of hydrogen-bond acceptors (Lipinski definition) is 3. The lowest BCUT2D eigenvalue weighted by atomic mass is 10.2. The van der Waals surface area contributed by atoms with Crippen molar-refractivity contribution in [2.75, 3.05) is 6.61 Å². The number of ether oxygens (including phenoxy) is 1. The molecule has 120 valence electrons. The molecule has 5 heteroatoms. The Morgan fingerprint density at radius 1 is 1.17 bits per heavy atom. The maximum Gasteiger partial charge on any atom is 0.258 e. The van der Waals surface area contributed by atoms with Crippen molar-refractivity contribution in [3.63, 3.8) is 0 Å². The summed E-state index contributed by atoms with van der Waals surface area (Å²) in [6, 6.07) is 14.8. The van der Waals surface area contributed by atoms with E-state index in [1.54, 1.807) is 18.3 Å². The van der Waals surface area contributed by atoms with Crippen molar-refractivity contribution in [3.8, 4) is 5.75 Å².